The van der Waals surface area contributed by atoms with E-state index in [4.69, 9.17) is 10.8 Å². The SMILES string of the molecule is CC(CN)C(=O)N1CCCN(CCO)CC1. The normalized spacial score (nSPS) is 20.6. The Hall–Kier alpha value is -0.650. The van der Waals surface area contributed by atoms with Gasteiger partial charge < -0.3 is 15.7 Å². The molecule has 16 heavy (non-hydrogen) atoms. The topological polar surface area (TPSA) is 69.8 Å². The van der Waals surface area contributed by atoms with Gasteiger partial charge in [0.2, 0.25) is 5.91 Å². The molecule has 3 N–H and O–H groups in total. The lowest BCUT2D eigenvalue weighted by Gasteiger charge is -2.24. The summed E-state index contributed by atoms with van der Waals surface area (Å²) in [5.41, 5.74) is 5.50. The molecule has 0 aromatic rings. The number of amides is 1. The molecule has 1 atom stereocenters. The molecular formula is C11H23N3O2. The van der Waals surface area contributed by atoms with Crippen molar-refractivity contribution in [3.05, 3.63) is 0 Å². The van der Waals surface area contributed by atoms with Gasteiger partial charge in [0.1, 0.15) is 0 Å². The number of hydrogen-bond donors (Lipinski definition) is 2. The van der Waals surface area contributed by atoms with Gasteiger partial charge in [-0.1, -0.05) is 6.92 Å². The molecule has 5 nitrogen and oxygen atoms in total. The fourth-order valence-corrected chi connectivity index (χ4v) is 1.97. The number of aliphatic hydroxyl groups excluding tert-OH is 1. The highest BCUT2D eigenvalue weighted by molar-refractivity contribution is 5.78. The molecule has 1 rings (SSSR count). The first-order valence-electron chi connectivity index (χ1n) is 6.01. The van der Waals surface area contributed by atoms with Crippen molar-refractivity contribution in [1.82, 2.24) is 9.80 Å². The Morgan fingerprint density at radius 1 is 1.38 bits per heavy atom. The third-order valence-corrected chi connectivity index (χ3v) is 3.09. The summed E-state index contributed by atoms with van der Waals surface area (Å²) >= 11 is 0. The largest absolute Gasteiger partial charge is 0.395 e. The van der Waals surface area contributed by atoms with Gasteiger partial charge in [-0.05, 0) is 13.0 Å². The van der Waals surface area contributed by atoms with E-state index in [1.165, 1.54) is 0 Å². The van der Waals surface area contributed by atoms with E-state index in [1.807, 2.05) is 11.8 Å². The summed E-state index contributed by atoms with van der Waals surface area (Å²) in [6.07, 6.45) is 0.975. The molecule has 0 saturated carbocycles. The van der Waals surface area contributed by atoms with Gasteiger partial charge in [0.25, 0.3) is 0 Å². The Morgan fingerprint density at radius 3 is 2.75 bits per heavy atom. The molecule has 1 amide bonds. The van der Waals surface area contributed by atoms with Crippen LogP contribution in [0, 0.1) is 5.92 Å². The summed E-state index contributed by atoms with van der Waals surface area (Å²) in [7, 11) is 0. The lowest BCUT2D eigenvalue weighted by molar-refractivity contribution is -0.134. The van der Waals surface area contributed by atoms with E-state index in [0.717, 1.165) is 32.6 Å². The summed E-state index contributed by atoms with van der Waals surface area (Å²) in [5, 5.41) is 8.87. The number of carbonyl (C=O) groups is 1. The highest BCUT2D eigenvalue weighted by Crippen LogP contribution is 2.07. The zero-order valence-corrected chi connectivity index (χ0v) is 10.1. The van der Waals surface area contributed by atoms with E-state index < -0.39 is 0 Å². The van der Waals surface area contributed by atoms with Crippen molar-refractivity contribution in [2.75, 3.05) is 45.9 Å². The molecule has 0 radical (unpaired) electrons. The van der Waals surface area contributed by atoms with Gasteiger partial charge in [-0.25, -0.2) is 0 Å². The van der Waals surface area contributed by atoms with E-state index in [2.05, 4.69) is 4.90 Å². The molecular weight excluding hydrogens is 206 g/mol. The number of β-amino-alcohol motifs (C(OH)–C–C–N with tert-alkyl or cyclic N) is 1. The summed E-state index contributed by atoms with van der Waals surface area (Å²) < 4.78 is 0. The third kappa shape index (κ3) is 3.73. The van der Waals surface area contributed by atoms with Crippen LogP contribution >= 0.6 is 0 Å². The lowest BCUT2D eigenvalue weighted by atomic mass is 10.1. The number of nitrogens with two attached hydrogens (primary N) is 1. The van der Waals surface area contributed by atoms with Crippen LogP contribution in [0.3, 0.4) is 0 Å². The van der Waals surface area contributed by atoms with Crippen LogP contribution in [-0.2, 0) is 4.79 Å². The molecule has 0 aromatic heterocycles. The average molecular weight is 229 g/mol. The van der Waals surface area contributed by atoms with E-state index in [9.17, 15) is 4.79 Å². The summed E-state index contributed by atoms with van der Waals surface area (Å²) in [4.78, 5) is 16.0. The maximum atomic E-state index is 11.9. The molecule has 1 fully saturated rings. The molecule has 94 valence electrons. The molecule has 5 heteroatoms. The van der Waals surface area contributed by atoms with Crippen molar-refractivity contribution in [3.8, 4) is 0 Å². The fraction of sp³-hybridized carbons (Fsp3) is 0.909. The van der Waals surface area contributed by atoms with Gasteiger partial charge >= 0.3 is 0 Å². The van der Waals surface area contributed by atoms with Crippen molar-refractivity contribution >= 4 is 5.91 Å². The first-order valence-corrected chi connectivity index (χ1v) is 6.01. The summed E-state index contributed by atoms with van der Waals surface area (Å²) in [5.74, 6) is 0.0812. The Balaban J connectivity index is 2.43. The second kappa shape index (κ2) is 6.83. The Labute approximate surface area is 97.2 Å². The predicted octanol–water partition coefficient (Wildman–Crippen LogP) is -0.892. The van der Waals surface area contributed by atoms with Crippen molar-refractivity contribution in [3.63, 3.8) is 0 Å². The number of hydrogen-bond acceptors (Lipinski definition) is 4. The first kappa shape index (κ1) is 13.4. The fourth-order valence-electron chi connectivity index (χ4n) is 1.97. The van der Waals surface area contributed by atoms with Crippen LogP contribution in [0.1, 0.15) is 13.3 Å². The second-order valence-corrected chi connectivity index (χ2v) is 4.38. The molecule has 1 aliphatic heterocycles. The predicted molar refractivity (Wildman–Crippen MR) is 62.9 cm³/mol. The highest BCUT2D eigenvalue weighted by atomic mass is 16.3. The molecule has 1 unspecified atom stereocenters. The lowest BCUT2D eigenvalue weighted by Crippen LogP contribution is -2.40. The molecule has 0 spiro atoms. The van der Waals surface area contributed by atoms with Crippen molar-refractivity contribution in [1.29, 1.82) is 0 Å². The van der Waals surface area contributed by atoms with Crippen LogP contribution in [0.25, 0.3) is 0 Å². The van der Waals surface area contributed by atoms with E-state index >= 15 is 0 Å². The van der Waals surface area contributed by atoms with Gasteiger partial charge in [0, 0.05) is 38.6 Å². The van der Waals surface area contributed by atoms with Crippen LogP contribution in [0.2, 0.25) is 0 Å². The van der Waals surface area contributed by atoms with Gasteiger partial charge in [-0.3, -0.25) is 9.69 Å². The zero-order chi connectivity index (χ0) is 12.0. The number of carbonyl (C=O) groups excluding carboxylic acids is 1. The maximum absolute atomic E-state index is 11.9. The van der Waals surface area contributed by atoms with Gasteiger partial charge in [-0.2, -0.15) is 0 Å². The van der Waals surface area contributed by atoms with Crippen LogP contribution < -0.4 is 5.73 Å². The molecule has 1 aliphatic rings. The van der Waals surface area contributed by atoms with Gasteiger partial charge in [0.05, 0.1) is 6.61 Å². The Kier molecular flexibility index (Phi) is 5.73. The molecule has 1 saturated heterocycles. The first-order chi connectivity index (χ1) is 7.69. The number of nitrogens with zero attached hydrogens (tertiary/aromatic N) is 2. The monoisotopic (exact) mass is 229 g/mol. The quantitative estimate of drug-likeness (QED) is 0.656. The van der Waals surface area contributed by atoms with E-state index in [0.29, 0.717) is 13.1 Å². The Bertz CT molecular complexity index is 223. The average Bonchev–Trinajstić information content (AvgIpc) is 2.53. The molecule has 1 heterocycles. The summed E-state index contributed by atoms with van der Waals surface area (Å²) in [6, 6.07) is 0. The van der Waals surface area contributed by atoms with Gasteiger partial charge in [-0.15, -0.1) is 0 Å². The minimum Gasteiger partial charge on any atom is -0.395 e. The maximum Gasteiger partial charge on any atom is 0.226 e. The van der Waals surface area contributed by atoms with Crippen LogP contribution in [-0.4, -0.2) is 66.7 Å². The van der Waals surface area contributed by atoms with E-state index in [1.54, 1.807) is 0 Å². The smallest absolute Gasteiger partial charge is 0.226 e. The van der Waals surface area contributed by atoms with Crippen LogP contribution in [0.4, 0.5) is 0 Å². The minimum atomic E-state index is -0.0793. The standard InChI is InChI=1S/C11H23N3O2/c1-10(9-12)11(16)14-4-2-3-13(5-6-14)7-8-15/h10,15H,2-9,12H2,1H3. The van der Waals surface area contributed by atoms with Crippen molar-refractivity contribution < 1.29 is 9.90 Å². The Morgan fingerprint density at radius 2 is 2.12 bits per heavy atom. The van der Waals surface area contributed by atoms with Crippen LogP contribution in [0.15, 0.2) is 0 Å². The number of rotatable bonds is 4. The molecule has 0 aliphatic carbocycles. The van der Waals surface area contributed by atoms with Gasteiger partial charge in [0.15, 0.2) is 0 Å². The highest BCUT2D eigenvalue weighted by Gasteiger charge is 2.22. The third-order valence-electron chi connectivity index (χ3n) is 3.09. The van der Waals surface area contributed by atoms with E-state index in [-0.39, 0.29) is 18.4 Å². The second-order valence-electron chi connectivity index (χ2n) is 4.38. The molecule has 0 bridgehead atoms. The minimum absolute atomic E-state index is 0.0793. The van der Waals surface area contributed by atoms with Crippen LogP contribution in [0.5, 0.6) is 0 Å². The molecule has 0 aromatic carbocycles. The summed E-state index contributed by atoms with van der Waals surface area (Å²) in [6.45, 7) is 6.55. The zero-order valence-electron chi connectivity index (χ0n) is 10.1. The number of aliphatic hydroxyl groups is 1. The van der Waals surface area contributed by atoms with Crippen molar-refractivity contribution in [2.45, 2.75) is 13.3 Å². The van der Waals surface area contributed by atoms with Crippen molar-refractivity contribution in [2.24, 2.45) is 11.7 Å².